The van der Waals surface area contributed by atoms with Gasteiger partial charge in [-0.1, -0.05) is 0 Å². The van der Waals surface area contributed by atoms with Gasteiger partial charge in [-0.3, -0.25) is 0 Å². The van der Waals surface area contributed by atoms with Gasteiger partial charge in [-0.2, -0.15) is 0 Å². The summed E-state index contributed by atoms with van der Waals surface area (Å²) in [6.07, 6.45) is 0. The molecule has 0 bridgehead atoms. The summed E-state index contributed by atoms with van der Waals surface area (Å²) in [7, 11) is -2.96. The normalized spacial score (nSPS) is 10.8. The SMILES string of the molecule is O=S(=O)([CH2][Hg][Br])c1ccccc1. The van der Waals surface area contributed by atoms with E-state index in [-0.39, 0.29) is 0 Å². The number of sulfone groups is 1. The van der Waals surface area contributed by atoms with E-state index in [9.17, 15) is 8.42 Å². The molecule has 12 heavy (non-hydrogen) atoms. The minimum absolute atomic E-state index is 0.372. The summed E-state index contributed by atoms with van der Waals surface area (Å²) >= 11 is 2.06. The van der Waals surface area contributed by atoms with Gasteiger partial charge in [0, 0.05) is 0 Å². The van der Waals surface area contributed by atoms with Crippen molar-refractivity contribution in [3.63, 3.8) is 0 Å². The third-order valence-corrected chi connectivity index (χ3v) is 19.7. The van der Waals surface area contributed by atoms with Crippen molar-refractivity contribution in [2.75, 3.05) is 3.26 Å². The predicted molar refractivity (Wildman–Crippen MR) is 47.4 cm³/mol. The van der Waals surface area contributed by atoms with Gasteiger partial charge >= 0.3 is 90.8 Å². The fourth-order valence-corrected chi connectivity index (χ4v) is 18.2. The van der Waals surface area contributed by atoms with Crippen molar-refractivity contribution >= 4 is 21.7 Å². The quantitative estimate of drug-likeness (QED) is 0.679. The van der Waals surface area contributed by atoms with Crippen LogP contribution in [0.1, 0.15) is 0 Å². The van der Waals surface area contributed by atoms with E-state index in [0.29, 0.717) is 8.16 Å². The standard InChI is InChI=1S/C7H7O2S.BrH.Hg/c1-10(8,9)7-5-3-2-4-6-7;;/h2-6H,1H2;1H;/q;;+1/p-1. The molecule has 1 rings (SSSR count). The Balaban J connectivity index is 2.99. The molecule has 1 aromatic rings. The summed E-state index contributed by atoms with van der Waals surface area (Å²) in [6, 6.07) is 8.60. The van der Waals surface area contributed by atoms with Crippen molar-refractivity contribution in [2.45, 2.75) is 4.90 Å². The van der Waals surface area contributed by atoms with Gasteiger partial charge in [-0.05, 0) is 0 Å². The Morgan fingerprint density at radius 3 is 2.33 bits per heavy atom. The maximum atomic E-state index is 11.5. The summed E-state index contributed by atoms with van der Waals surface area (Å²) in [5.41, 5.74) is 0. The van der Waals surface area contributed by atoms with E-state index in [4.69, 9.17) is 0 Å². The summed E-state index contributed by atoms with van der Waals surface area (Å²) in [5, 5.41) is 0. The summed E-state index contributed by atoms with van der Waals surface area (Å²) in [6.45, 7) is 0. The molecular formula is C7H7BrHgO2S. The zero-order chi connectivity index (χ0) is 9.03. The fraction of sp³-hybridized carbons (Fsp3) is 0.143. The van der Waals surface area contributed by atoms with Crippen molar-refractivity contribution in [3.8, 4) is 0 Å². The molecule has 0 heterocycles. The number of hydrogen-bond acceptors (Lipinski definition) is 2. The average molecular weight is 436 g/mol. The first-order valence-corrected chi connectivity index (χ1v) is 21.0. The minimum atomic E-state index is -2.96. The molecule has 0 saturated heterocycles. The molecule has 0 fully saturated rings. The molecule has 62 valence electrons. The molecule has 0 aliphatic rings. The van der Waals surface area contributed by atoms with Crippen LogP contribution >= 0.6 is 11.9 Å². The average Bonchev–Trinajstić information content (AvgIpc) is 2.06. The van der Waals surface area contributed by atoms with Gasteiger partial charge in [0.25, 0.3) is 0 Å². The third-order valence-electron chi connectivity index (χ3n) is 1.45. The van der Waals surface area contributed by atoms with E-state index < -0.39 is 32.0 Å². The van der Waals surface area contributed by atoms with Gasteiger partial charge in [-0.25, -0.2) is 0 Å². The van der Waals surface area contributed by atoms with Crippen molar-refractivity contribution < 1.29 is 30.6 Å². The van der Waals surface area contributed by atoms with E-state index in [1.165, 1.54) is 0 Å². The van der Waals surface area contributed by atoms with Crippen molar-refractivity contribution in [2.24, 2.45) is 0 Å². The van der Waals surface area contributed by atoms with E-state index in [2.05, 4.69) is 11.9 Å². The topological polar surface area (TPSA) is 34.1 Å². The molecule has 0 aliphatic carbocycles. The van der Waals surface area contributed by atoms with Gasteiger partial charge in [0.05, 0.1) is 0 Å². The third kappa shape index (κ3) is 2.82. The van der Waals surface area contributed by atoms with Crippen LogP contribution in [0.4, 0.5) is 0 Å². The molecule has 2 nitrogen and oxygen atoms in total. The van der Waals surface area contributed by atoms with Crippen LogP contribution < -0.4 is 0 Å². The Bertz CT molecular complexity index is 336. The molecule has 1 aromatic carbocycles. The molecule has 0 spiro atoms. The number of benzene rings is 1. The van der Waals surface area contributed by atoms with Gasteiger partial charge < -0.3 is 0 Å². The number of halogens is 1. The zero-order valence-electron chi connectivity index (χ0n) is 6.40. The molecule has 5 heteroatoms. The maximum absolute atomic E-state index is 11.5. The van der Waals surface area contributed by atoms with Crippen LogP contribution in [0.15, 0.2) is 35.2 Å². The first-order chi connectivity index (χ1) is 5.67. The van der Waals surface area contributed by atoms with Gasteiger partial charge in [0.2, 0.25) is 0 Å². The van der Waals surface area contributed by atoms with Crippen LogP contribution in [0.2, 0.25) is 0 Å². The first kappa shape index (κ1) is 10.7. The van der Waals surface area contributed by atoms with Gasteiger partial charge in [0.15, 0.2) is 0 Å². The summed E-state index contributed by atoms with van der Waals surface area (Å²) < 4.78 is 23.3. The summed E-state index contributed by atoms with van der Waals surface area (Å²) in [4.78, 5) is 0.449. The van der Waals surface area contributed by atoms with E-state index in [1.54, 1.807) is 24.3 Å². The Labute approximate surface area is 90.0 Å². The van der Waals surface area contributed by atoms with E-state index in [0.717, 1.165) is 0 Å². The Morgan fingerprint density at radius 1 is 1.25 bits per heavy atom. The van der Waals surface area contributed by atoms with Crippen LogP contribution in [0.5, 0.6) is 0 Å². The van der Waals surface area contributed by atoms with Crippen LogP contribution in [0.3, 0.4) is 0 Å². The molecule has 0 aromatic heterocycles. The molecule has 0 N–H and O–H groups in total. The Hall–Kier alpha value is 0.585. The molecular weight excluding hydrogens is 429 g/mol. The van der Waals surface area contributed by atoms with Crippen LogP contribution in [0.25, 0.3) is 0 Å². The van der Waals surface area contributed by atoms with Gasteiger partial charge in [-0.15, -0.1) is 0 Å². The van der Waals surface area contributed by atoms with Crippen molar-refractivity contribution in [1.29, 1.82) is 0 Å². The first-order valence-electron chi connectivity index (χ1n) is 3.50. The van der Waals surface area contributed by atoms with Gasteiger partial charge in [0.1, 0.15) is 0 Å². The zero-order valence-corrected chi connectivity index (χ0v) is 14.3. The van der Waals surface area contributed by atoms with E-state index >= 15 is 0 Å². The van der Waals surface area contributed by atoms with Crippen molar-refractivity contribution in [1.82, 2.24) is 0 Å². The number of rotatable bonds is 3. The molecule has 0 radical (unpaired) electrons. The number of hydrogen-bond donors (Lipinski definition) is 0. The second-order valence-corrected chi connectivity index (χ2v) is 17.6. The monoisotopic (exact) mass is 436 g/mol. The second kappa shape index (κ2) is 4.72. The van der Waals surface area contributed by atoms with Crippen molar-refractivity contribution in [3.05, 3.63) is 30.3 Å². The molecule has 0 unspecified atom stereocenters. The van der Waals surface area contributed by atoms with E-state index in [1.807, 2.05) is 6.07 Å². The Morgan fingerprint density at radius 2 is 1.83 bits per heavy atom. The predicted octanol–water partition coefficient (Wildman–Crippen LogP) is 1.81. The Kier molecular flexibility index (Phi) is 4.19. The molecule has 0 saturated carbocycles. The van der Waals surface area contributed by atoms with Crippen LogP contribution in [0, 0.1) is 0 Å². The molecule has 0 aliphatic heterocycles. The summed E-state index contributed by atoms with van der Waals surface area (Å²) in [5.74, 6) is 0. The fourth-order valence-electron chi connectivity index (χ4n) is 0.847. The second-order valence-electron chi connectivity index (χ2n) is 2.32. The van der Waals surface area contributed by atoms with Crippen LogP contribution in [-0.4, -0.2) is 11.7 Å². The molecule has 0 amide bonds. The van der Waals surface area contributed by atoms with Crippen LogP contribution in [-0.2, 0) is 32.0 Å². The molecule has 0 atom stereocenters.